The van der Waals surface area contributed by atoms with Crippen LogP contribution in [0.2, 0.25) is 0 Å². The maximum Gasteiger partial charge on any atom is 0.150 e. The van der Waals surface area contributed by atoms with Gasteiger partial charge in [-0.3, -0.25) is 4.79 Å². The van der Waals surface area contributed by atoms with Crippen molar-refractivity contribution < 1.29 is 4.79 Å². The van der Waals surface area contributed by atoms with Gasteiger partial charge in [-0.25, -0.2) is 0 Å². The van der Waals surface area contributed by atoms with Gasteiger partial charge in [-0.2, -0.15) is 0 Å². The fraction of sp³-hybridized carbons (Fsp3) is 0.476. The first-order valence-electron chi connectivity index (χ1n) is 9.04. The number of allylic oxidation sites excluding steroid dienone is 2. The fourth-order valence-corrected chi connectivity index (χ4v) is 3.83. The summed E-state index contributed by atoms with van der Waals surface area (Å²) in [4.78, 5) is 13.7. The number of aldehydes is 1. The van der Waals surface area contributed by atoms with Gasteiger partial charge >= 0.3 is 0 Å². The standard InChI is InChI=1S/C21H27NO/c1-2-3-4-7-14-22-20-9-6-5-8-18(20)11-12-19-15-17(16-23)10-13-21(19)22/h5-6,8,10,13,15-16,20H,2-4,7,9,11-12,14H2,1H3. The lowest BCUT2D eigenvalue weighted by Crippen LogP contribution is -2.37. The lowest BCUT2D eigenvalue weighted by Gasteiger charge is -2.35. The largest absolute Gasteiger partial charge is 0.364 e. The predicted octanol–water partition coefficient (Wildman–Crippen LogP) is 5.09. The van der Waals surface area contributed by atoms with Crippen LogP contribution in [0.3, 0.4) is 0 Å². The molecule has 3 rings (SSSR count). The van der Waals surface area contributed by atoms with Crippen LogP contribution in [0.15, 0.2) is 42.0 Å². The highest BCUT2D eigenvalue weighted by atomic mass is 16.1. The predicted molar refractivity (Wildman–Crippen MR) is 97.3 cm³/mol. The molecule has 0 radical (unpaired) electrons. The number of nitrogens with zero attached hydrogens (tertiary/aromatic N) is 1. The van der Waals surface area contributed by atoms with E-state index in [0.29, 0.717) is 6.04 Å². The average molecular weight is 309 g/mol. The zero-order chi connectivity index (χ0) is 16.1. The third-order valence-electron chi connectivity index (χ3n) is 5.09. The number of carbonyl (C=O) groups excluding carboxylic acids is 1. The highest BCUT2D eigenvalue weighted by Gasteiger charge is 2.27. The van der Waals surface area contributed by atoms with Gasteiger partial charge in [-0.15, -0.1) is 0 Å². The van der Waals surface area contributed by atoms with Gasteiger partial charge in [0.2, 0.25) is 0 Å². The summed E-state index contributed by atoms with van der Waals surface area (Å²) in [5.41, 5.74) is 5.02. The molecule has 0 amide bonds. The molecule has 0 aromatic heterocycles. The van der Waals surface area contributed by atoms with Crippen molar-refractivity contribution in [1.29, 1.82) is 0 Å². The summed E-state index contributed by atoms with van der Waals surface area (Å²) in [6.45, 7) is 3.37. The Kier molecular flexibility index (Phi) is 5.32. The minimum Gasteiger partial charge on any atom is -0.364 e. The minimum absolute atomic E-state index is 0.505. The Balaban J connectivity index is 1.88. The molecule has 0 bridgehead atoms. The molecule has 1 aromatic carbocycles. The highest BCUT2D eigenvalue weighted by Crippen LogP contribution is 2.35. The number of benzene rings is 1. The maximum atomic E-state index is 11.1. The Morgan fingerprint density at radius 1 is 1.22 bits per heavy atom. The van der Waals surface area contributed by atoms with E-state index < -0.39 is 0 Å². The molecule has 0 fully saturated rings. The van der Waals surface area contributed by atoms with Gasteiger partial charge < -0.3 is 4.90 Å². The molecular weight excluding hydrogens is 282 g/mol. The summed E-state index contributed by atoms with van der Waals surface area (Å²) in [6, 6.07) is 6.73. The van der Waals surface area contributed by atoms with Crippen molar-refractivity contribution in [3.05, 3.63) is 53.1 Å². The highest BCUT2D eigenvalue weighted by molar-refractivity contribution is 5.77. The molecule has 0 saturated carbocycles. The monoisotopic (exact) mass is 309 g/mol. The SMILES string of the molecule is CCCCCCN1c2ccc(C=O)cc2CCC2=CC=CCC21. The summed E-state index contributed by atoms with van der Waals surface area (Å²) < 4.78 is 0. The van der Waals surface area contributed by atoms with Crippen LogP contribution in [-0.4, -0.2) is 18.9 Å². The van der Waals surface area contributed by atoms with Crippen molar-refractivity contribution in [3.63, 3.8) is 0 Å². The van der Waals surface area contributed by atoms with Crippen molar-refractivity contribution in [2.75, 3.05) is 11.4 Å². The van der Waals surface area contributed by atoms with Gasteiger partial charge in [0.15, 0.2) is 0 Å². The number of aryl methyl sites for hydroxylation is 1. The van der Waals surface area contributed by atoms with E-state index in [9.17, 15) is 4.79 Å². The van der Waals surface area contributed by atoms with E-state index in [0.717, 1.165) is 37.7 Å². The van der Waals surface area contributed by atoms with E-state index in [1.54, 1.807) is 5.57 Å². The van der Waals surface area contributed by atoms with Gasteiger partial charge in [0, 0.05) is 17.8 Å². The van der Waals surface area contributed by atoms with Crippen LogP contribution in [0, 0.1) is 0 Å². The lowest BCUT2D eigenvalue weighted by molar-refractivity contribution is 0.112. The molecule has 1 aliphatic heterocycles. The fourth-order valence-electron chi connectivity index (χ4n) is 3.83. The first-order valence-corrected chi connectivity index (χ1v) is 9.04. The molecule has 0 N–H and O–H groups in total. The van der Waals surface area contributed by atoms with Crippen LogP contribution < -0.4 is 4.90 Å². The second-order valence-electron chi connectivity index (χ2n) is 6.68. The lowest BCUT2D eigenvalue weighted by atomic mass is 9.94. The summed E-state index contributed by atoms with van der Waals surface area (Å²) in [6.07, 6.45) is 16.2. The van der Waals surface area contributed by atoms with Gasteiger partial charge in [-0.05, 0) is 55.0 Å². The third-order valence-corrected chi connectivity index (χ3v) is 5.09. The van der Waals surface area contributed by atoms with Gasteiger partial charge in [-0.1, -0.05) is 44.4 Å². The Morgan fingerprint density at radius 2 is 2.13 bits per heavy atom. The molecule has 2 aliphatic rings. The van der Waals surface area contributed by atoms with E-state index in [1.807, 2.05) is 6.07 Å². The third kappa shape index (κ3) is 3.57. The summed E-state index contributed by atoms with van der Waals surface area (Å²) in [5.74, 6) is 0. The number of hydrogen-bond acceptors (Lipinski definition) is 2. The van der Waals surface area contributed by atoms with Crippen molar-refractivity contribution >= 4 is 12.0 Å². The number of rotatable bonds is 6. The van der Waals surface area contributed by atoms with Crippen LogP contribution in [-0.2, 0) is 6.42 Å². The van der Waals surface area contributed by atoms with Crippen LogP contribution in [0.25, 0.3) is 0 Å². The first-order chi connectivity index (χ1) is 11.3. The molecule has 1 aliphatic carbocycles. The van der Waals surface area contributed by atoms with E-state index >= 15 is 0 Å². The molecule has 0 spiro atoms. The quantitative estimate of drug-likeness (QED) is 0.539. The normalized spacial score (nSPS) is 19.6. The molecule has 1 heterocycles. The Bertz CT molecular complexity index is 614. The Morgan fingerprint density at radius 3 is 2.96 bits per heavy atom. The molecule has 1 atom stereocenters. The van der Waals surface area contributed by atoms with Gasteiger partial charge in [0.05, 0.1) is 6.04 Å². The maximum absolute atomic E-state index is 11.1. The van der Waals surface area contributed by atoms with Crippen molar-refractivity contribution in [3.8, 4) is 0 Å². The smallest absolute Gasteiger partial charge is 0.150 e. The topological polar surface area (TPSA) is 20.3 Å². The zero-order valence-corrected chi connectivity index (χ0v) is 14.1. The van der Waals surface area contributed by atoms with Crippen molar-refractivity contribution in [1.82, 2.24) is 0 Å². The number of anilines is 1. The zero-order valence-electron chi connectivity index (χ0n) is 14.1. The number of fused-ring (bicyclic) bond motifs is 2. The number of unbranched alkanes of at least 4 members (excludes halogenated alkanes) is 3. The molecule has 1 unspecified atom stereocenters. The van der Waals surface area contributed by atoms with Crippen LogP contribution in [0.1, 0.15) is 61.4 Å². The van der Waals surface area contributed by atoms with Crippen LogP contribution >= 0.6 is 0 Å². The first kappa shape index (κ1) is 16.0. The summed E-state index contributed by atoms with van der Waals surface area (Å²) >= 11 is 0. The minimum atomic E-state index is 0.505. The van der Waals surface area contributed by atoms with E-state index in [-0.39, 0.29) is 0 Å². The average Bonchev–Trinajstić information content (AvgIpc) is 2.75. The summed E-state index contributed by atoms with van der Waals surface area (Å²) in [5, 5.41) is 0. The van der Waals surface area contributed by atoms with E-state index in [1.165, 1.54) is 36.9 Å². The second kappa shape index (κ2) is 7.63. The van der Waals surface area contributed by atoms with Crippen molar-refractivity contribution in [2.45, 2.75) is 57.9 Å². The van der Waals surface area contributed by atoms with Gasteiger partial charge in [0.1, 0.15) is 6.29 Å². The molecular formula is C21H27NO. The second-order valence-corrected chi connectivity index (χ2v) is 6.68. The van der Waals surface area contributed by atoms with Crippen molar-refractivity contribution in [2.24, 2.45) is 0 Å². The number of hydrogen-bond donors (Lipinski definition) is 0. The van der Waals surface area contributed by atoms with Gasteiger partial charge in [0.25, 0.3) is 0 Å². The van der Waals surface area contributed by atoms with Crippen LogP contribution in [0.5, 0.6) is 0 Å². The molecule has 1 aromatic rings. The molecule has 0 saturated heterocycles. The van der Waals surface area contributed by atoms with E-state index in [2.05, 4.69) is 42.2 Å². The Labute approximate surface area is 139 Å². The molecule has 122 valence electrons. The Hall–Kier alpha value is -1.83. The molecule has 2 heteroatoms. The van der Waals surface area contributed by atoms with Crippen LogP contribution in [0.4, 0.5) is 5.69 Å². The molecule has 2 nitrogen and oxygen atoms in total. The molecule has 23 heavy (non-hydrogen) atoms. The number of carbonyl (C=O) groups is 1. The van der Waals surface area contributed by atoms with E-state index in [4.69, 9.17) is 0 Å². The summed E-state index contributed by atoms with van der Waals surface area (Å²) in [7, 11) is 0.